The maximum absolute atomic E-state index is 6.58. The molecule has 58 heavy (non-hydrogen) atoms. The van der Waals surface area contributed by atoms with Gasteiger partial charge in [-0.05, 0) is 91.5 Å². The third-order valence-corrected chi connectivity index (χ3v) is 11.5. The highest BCUT2D eigenvalue weighted by molar-refractivity contribution is 6.10. The molecule has 9 aromatic carbocycles. The van der Waals surface area contributed by atoms with E-state index in [9.17, 15) is 0 Å². The molecule has 0 radical (unpaired) electrons. The summed E-state index contributed by atoms with van der Waals surface area (Å²) in [5.74, 6) is 0. The Morgan fingerprint density at radius 3 is 1.71 bits per heavy atom. The number of nitrogens with zero attached hydrogens (tertiary/aromatic N) is 1. The number of para-hydroxylation sites is 1. The number of hydrogen-bond donors (Lipinski definition) is 0. The first kappa shape index (κ1) is 35.3. The van der Waals surface area contributed by atoms with Crippen molar-refractivity contribution in [2.24, 2.45) is 0 Å². The van der Waals surface area contributed by atoms with Gasteiger partial charge in [-0.2, -0.15) is 0 Å². The van der Waals surface area contributed by atoms with Crippen LogP contribution in [0.5, 0.6) is 0 Å². The van der Waals surface area contributed by atoms with Crippen molar-refractivity contribution in [2.75, 3.05) is 4.90 Å². The molecule has 0 N–H and O–H groups in total. The Morgan fingerprint density at radius 2 is 0.966 bits per heavy atom. The molecule has 2 heteroatoms. The molecule has 0 saturated heterocycles. The average molecular weight is 746 g/mol. The lowest BCUT2D eigenvalue weighted by molar-refractivity contribution is 0.590. The monoisotopic (exact) mass is 745 g/mol. The summed E-state index contributed by atoms with van der Waals surface area (Å²) in [4.78, 5) is 2.45. The van der Waals surface area contributed by atoms with Gasteiger partial charge in [0.2, 0.25) is 0 Å². The topological polar surface area (TPSA) is 16.4 Å². The lowest BCUT2D eigenvalue weighted by Crippen LogP contribution is -2.13. The number of anilines is 3. The van der Waals surface area contributed by atoms with Gasteiger partial charge in [0.05, 0.1) is 11.4 Å². The molecule has 2 nitrogen and oxygen atoms in total. The average Bonchev–Trinajstić information content (AvgIpc) is 3.65. The largest absolute Gasteiger partial charge is 0.456 e. The molecule has 0 aliphatic heterocycles. The van der Waals surface area contributed by atoms with Crippen LogP contribution < -0.4 is 4.90 Å². The second-order valence-corrected chi connectivity index (χ2v) is 16.1. The fraction of sp³-hybridized carbons (Fsp3) is 0.0714. The molecule has 10 rings (SSSR count). The third-order valence-electron chi connectivity index (χ3n) is 11.5. The summed E-state index contributed by atoms with van der Waals surface area (Å²) in [6, 6.07) is 74.7. The highest BCUT2D eigenvalue weighted by Gasteiger charge is 2.25. The van der Waals surface area contributed by atoms with Crippen molar-refractivity contribution < 1.29 is 4.42 Å². The molecule has 0 atom stereocenters. The Labute approximate surface area is 340 Å². The van der Waals surface area contributed by atoms with Gasteiger partial charge in [0, 0.05) is 33.7 Å². The van der Waals surface area contributed by atoms with Crippen molar-refractivity contribution in [3.8, 4) is 44.5 Å². The maximum Gasteiger partial charge on any atom is 0.137 e. The van der Waals surface area contributed by atoms with Gasteiger partial charge in [0.1, 0.15) is 11.2 Å². The SMILES string of the molecule is CC(C)(C)c1ccc(-c2ccc(N(c3ccc4c(c3)oc3ccccc34)c3ccc4ccccc4c3-c3ccccc3-c3ccccc3)c(-c3ccccc3)c2)cc1. The third kappa shape index (κ3) is 6.33. The molecule has 0 bridgehead atoms. The minimum absolute atomic E-state index is 0.0791. The predicted molar refractivity (Wildman–Crippen MR) is 246 cm³/mol. The van der Waals surface area contributed by atoms with E-state index in [1.165, 1.54) is 49.7 Å². The van der Waals surface area contributed by atoms with E-state index in [1.54, 1.807) is 0 Å². The quantitative estimate of drug-likeness (QED) is 0.162. The van der Waals surface area contributed by atoms with Crippen LogP contribution in [0.4, 0.5) is 17.1 Å². The molecule has 10 aromatic rings. The first-order chi connectivity index (χ1) is 28.4. The van der Waals surface area contributed by atoms with Gasteiger partial charge in [-0.3, -0.25) is 0 Å². The smallest absolute Gasteiger partial charge is 0.137 e. The fourth-order valence-electron chi connectivity index (χ4n) is 8.48. The van der Waals surface area contributed by atoms with Crippen LogP contribution in [-0.2, 0) is 5.41 Å². The summed E-state index contributed by atoms with van der Waals surface area (Å²) in [5, 5.41) is 4.60. The van der Waals surface area contributed by atoms with Crippen LogP contribution in [-0.4, -0.2) is 0 Å². The van der Waals surface area contributed by atoms with Crippen molar-refractivity contribution in [2.45, 2.75) is 26.2 Å². The zero-order chi connectivity index (χ0) is 39.2. The fourth-order valence-corrected chi connectivity index (χ4v) is 8.48. The van der Waals surface area contributed by atoms with E-state index in [0.717, 1.165) is 50.1 Å². The summed E-state index contributed by atoms with van der Waals surface area (Å²) in [7, 11) is 0. The van der Waals surface area contributed by atoms with Gasteiger partial charge in [-0.15, -0.1) is 0 Å². The maximum atomic E-state index is 6.58. The molecule has 278 valence electrons. The Hall–Kier alpha value is -7.16. The summed E-state index contributed by atoms with van der Waals surface area (Å²) in [6.07, 6.45) is 0. The normalized spacial score (nSPS) is 11.7. The predicted octanol–water partition coefficient (Wildman–Crippen LogP) is 16.2. The molecular weight excluding hydrogens is 703 g/mol. The van der Waals surface area contributed by atoms with Crippen LogP contribution >= 0.6 is 0 Å². The summed E-state index contributed by atoms with van der Waals surface area (Å²) in [5.41, 5.74) is 15.7. The van der Waals surface area contributed by atoms with Crippen molar-refractivity contribution in [1.29, 1.82) is 0 Å². The molecule has 0 fully saturated rings. The lowest BCUT2D eigenvalue weighted by atomic mass is 9.86. The van der Waals surface area contributed by atoms with E-state index in [1.807, 2.05) is 6.07 Å². The first-order valence-electron chi connectivity index (χ1n) is 20.1. The number of hydrogen-bond acceptors (Lipinski definition) is 2. The van der Waals surface area contributed by atoms with E-state index >= 15 is 0 Å². The van der Waals surface area contributed by atoms with E-state index < -0.39 is 0 Å². The van der Waals surface area contributed by atoms with Crippen LogP contribution in [0.3, 0.4) is 0 Å². The Bertz CT molecular complexity index is 3080. The second kappa shape index (κ2) is 14.4. The minimum Gasteiger partial charge on any atom is -0.456 e. The zero-order valence-corrected chi connectivity index (χ0v) is 33.0. The van der Waals surface area contributed by atoms with Crippen LogP contribution in [0.15, 0.2) is 211 Å². The van der Waals surface area contributed by atoms with E-state index in [2.05, 4.69) is 226 Å². The molecule has 0 unspecified atom stereocenters. The summed E-state index contributed by atoms with van der Waals surface area (Å²) in [6.45, 7) is 6.79. The van der Waals surface area contributed by atoms with Crippen molar-refractivity contribution in [1.82, 2.24) is 0 Å². The number of benzene rings is 9. The van der Waals surface area contributed by atoms with Crippen LogP contribution in [0.2, 0.25) is 0 Å². The van der Waals surface area contributed by atoms with E-state index in [4.69, 9.17) is 4.42 Å². The molecule has 1 aromatic heterocycles. The molecule has 0 aliphatic carbocycles. The highest BCUT2D eigenvalue weighted by Crippen LogP contribution is 2.50. The molecule has 0 saturated carbocycles. The van der Waals surface area contributed by atoms with Gasteiger partial charge in [0.25, 0.3) is 0 Å². The molecule has 1 heterocycles. The molecule has 0 aliphatic rings. The molecule has 0 spiro atoms. The number of furan rings is 1. The van der Waals surface area contributed by atoms with Gasteiger partial charge in [0.15, 0.2) is 0 Å². The summed E-state index contributed by atoms with van der Waals surface area (Å²) < 4.78 is 6.58. The zero-order valence-electron chi connectivity index (χ0n) is 33.0. The first-order valence-corrected chi connectivity index (χ1v) is 20.1. The molecular formula is C56H43NO. The number of rotatable bonds is 7. The van der Waals surface area contributed by atoms with Crippen molar-refractivity contribution in [3.05, 3.63) is 212 Å². The number of fused-ring (bicyclic) bond motifs is 4. The Kier molecular flexibility index (Phi) is 8.76. The van der Waals surface area contributed by atoms with Crippen LogP contribution in [0.1, 0.15) is 26.3 Å². The van der Waals surface area contributed by atoms with Crippen molar-refractivity contribution in [3.63, 3.8) is 0 Å². The van der Waals surface area contributed by atoms with Gasteiger partial charge in [-0.25, -0.2) is 0 Å². The van der Waals surface area contributed by atoms with Gasteiger partial charge in [-0.1, -0.05) is 185 Å². The van der Waals surface area contributed by atoms with Gasteiger partial charge >= 0.3 is 0 Å². The lowest BCUT2D eigenvalue weighted by Gasteiger charge is -2.31. The standard InChI is InChI=1S/C56H43NO/c1-56(2,3)43-30-26-38(27-31-43)42-29-34-51(50(36-42)40-18-8-5-9-19-40)57(44-32-33-48-47-23-14-15-25-53(47)58-54(48)37-44)52-35-28-41-20-10-11-22-46(41)55(52)49-24-13-12-21-45(49)39-16-6-4-7-17-39/h4-37H,1-3H3. The Morgan fingerprint density at radius 1 is 0.379 bits per heavy atom. The Balaban J connectivity index is 1.28. The van der Waals surface area contributed by atoms with Crippen molar-refractivity contribution >= 4 is 49.8 Å². The van der Waals surface area contributed by atoms with E-state index in [0.29, 0.717) is 0 Å². The minimum atomic E-state index is 0.0791. The summed E-state index contributed by atoms with van der Waals surface area (Å²) >= 11 is 0. The van der Waals surface area contributed by atoms with Gasteiger partial charge < -0.3 is 9.32 Å². The van der Waals surface area contributed by atoms with Crippen LogP contribution in [0.25, 0.3) is 77.2 Å². The molecule has 0 amide bonds. The van der Waals surface area contributed by atoms with Crippen LogP contribution in [0, 0.1) is 0 Å². The second-order valence-electron chi connectivity index (χ2n) is 16.1. The highest BCUT2D eigenvalue weighted by atomic mass is 16.3. The van der Waals surface area contributed by atoms with E-state index in [-0.39, 0.29) is 5.41 Å².